The summed E-state index contributed by atoms with van der Waals surface area (Å²) in [5.74, 6) is -0.817. The molecule has 1 aromatic carbocycles. The summed E-state index contributed by atoms with van der Waals surface area (Å²) in [6.45, 7) is 3.89. The van der Waals surface area contributed by atoms with Gasteiger partial charge in [-0.1, -0.05) is 31.5 Å². The fraction of sp³-hybridized carbons (Fsp3) is 0.471. The van der Waals surface area contributed by atoms with E-state index in [1.165, 1.54) is 37.0 Å². The second-order valence-electron chi connectivity index (χ2n) is 6.06. The van der Waals surface area contributed by atoms with Crippen molar-refractivity contribution in [2.45, 2.75) is 39.2 Å². The zero-order chi connectivity index (χ0) is 14.9. The number of carboxylic acid groups (broad SMARTS) is 1. The van der Waals surface area contributed by atoms with Gasteiger partial charge >= 0.3 is 5.97 Å². The number of rotatable bonds is 7. The Morgan fingerprint density at radius 2 is 2.14 bits per heavy atom. The first-order valence-electron chi connectivity index (χ1n) is 7.60. The van der Waals surface area contributed by atoms with Crippen LogP contribution in [0, 0.1) is 5.41 Å². The van der Waals surface area contributed by atoms with Crippen molar-refractivity contribution in [1.29, 1.82) is 0 Å². The van der Waals surface area contributed by atoms with Crippen molar-refractivity contribution in [3.63, 3.8) is 0 Å². The van der Waals surface area contributed by atoms with Gasteiger partial charge in [0.2, 0.25) is 0 Å². The fourth-order valence-corrected chi connectivity index (χ4v) is 4.18. The van der Waals surface area contributed by atoms with E-state index in [2.05, 4.69) is 12.2 Å². The van der Waals surface area contributed by atoms with Gasteiger partial charge in [0.1, 0.15) is 4.88 Å². The molecule has 3 nitrogen and oxygen atoms in total. The molecule has 21 heavy (non-hydrogen) atoms. The molecule has 0 amide bonds. The third-order valence-corrected chi connectivity index (χ3v) is 5.63. The number of nitrogens with one attached hydrogen (secondary N) is 1. The first-order chi connectivity index (χ1) is 10.2. The molecule has 3 rings (SSSR count). The molecular formula is C17H21NO2S. The zero-order valence-corrected chi connectivity index (χ0v) is 13.1. The van der Waals surface area contributed by atoms with Gasteiger partial charge in [-0.25, -0.2) is 4.79 Å². The predicted octanol–water partition coefficient (Wildman–Crippen LogP) is 4.27. The minimum atomic E-state index is -0.817. The van der Waals surface area contributed by atoms with Gasteiger partial charge in [-0.15, -0.1) is 11.3 Å². The molecule has 0 bridgehead atoms. The van der Waals surface area contributed by atoms with Gasteiger partial charge in [0.25, 0.3) is 0 Å². The number of fused-ring (bicyclic) bond motifs is 1. The van der Waals surface area contributed by atoms with Crippen LogP contribution in [0.4, 0.5) is 0 Å². The molecule has 0 atom stereocenters. The third-order valence-electron chi connectivity index (χ3n) is 4.43. The van der Waals surface area contributed by atoms with E-state index < -0.39 is 5.97 Å². The minimum Gasteiger partial charge on any atom is -0.477 e. The van der Waals surface area contributed by atoms with Gasteiger partial charge in [-0.2, -0.15) is 0 Å². The summed E-state index contributed by atoms with van der Waals surface area (Å²) in [5.41, 5.74) is 1.43. The molecule has 0 radical (unpaired) electrons. The SMILES string of the molecule is CCCC1(CNCc2c(C(=O)O)sc3ccccc23)CC1. The maximum atomic E-state index is 11.4. The van der Waals surface area contributed by atoms with Crippen LogP contribution in [0.25, 0.3) is 10.1 Å². The molecule has 1 aliphatic carbocycles. The smallest absolute Gasteiger partial charge is 0.346 e. The number of aromatic carboxylic acids is 1. The monoisotopic (exact) mass is 303 g/mol. The summed E-state index contributed by atoms with van der Waals surface area (Å²) < 4.78 is 1.06. The second kappa shape index (κ2) is 5.78. The highest BCUT2D eigenvalue weighted by Gasteiger charge is 2.40. The molecular weight excluding hydrogens is 282 g/mol. The maximum Gasteiger partial charge on any atom is 0.346 e. The number of thiophene rings is 1. The van der Waals surface area contributed by atoms with E-state index in [0.29, 0.717) is 16.8 Å². The number of hydrogen-bond donors (Lipinski definition) is 2. The van der Waals surface area contributed by atoms with Gasteiger partial charge < -0.3 is 10.4 Å². The first-order valence-corrected chi connectivity index (χ1v) is 8.41. The van der Waals surface area contributed by atoms with Crippen molar-refractivity contribution in [3.8, 4) is 0 Å². The number of benzene rings is 1. The molecule has 0 spiro atoms. The van der Waals surface area contributed by atoms with Gasteiger partial charge in [-0.3, -0.25) is 0 Å². The Morgan fingerprint density at radius 3 is 2.81 bits per heavy atom. The Balaban J connectivity index is 1.76. The zero-order valence-electron chi connectivity index (χ0n) is 12.3. The van der Waals surface area contributed by atoms with E-state index in [0.717, 1.165) is 22.2 Å². The molecule has 112 valence electrons. The van der Waals surface area contributed by atoms with Crippen LogP contribution in [0.15, 0.2) is 24.3 Å². The van der Waals surface area contributed by atoms with E-state index in [4.69, 9.17) is 0 Å². The molecule has 2 aromatic rings. The molecule has 2 N–H and O–H groups in total. The summed E-state index contributed by atoms with van der Waals surface area (Å²) in [4.78, 5) is 11.9. The van der Waals surface area contributed by atoms with E-state index in [1.54, 1.807) is 0 Å². The standard InChI is InChI=1S/C17H21NO2S/c1-2-7-17(8-9-17)11-18-10-13-12-5-3-4-6-14(12)21-15(13)16(19)20/h3-6,18H,2,7-11H2,1H3,(H,19,20). The van der Waals surface area contributed by atoms with Gasteiger partial charge in [0.05, 0.1) is 0 Å². The molecule has 1 saturated carbocycles. The minimum absolute atomic E-state index is 0.476. The predicted molar refractivity (Wildman–Crippen MR) is 87.1 cm³/mol. The summed E-state index contributed by atoms with van der Waals surface area (Å²) in [6, 6.07) is 7.95. The van der Waals surface area contributed by atoms with E-state index >= 15 is 0 Å². The Bertz CT molecular complexity index is 658. The van der Waals surface area contributed by atoms with Crippen molar-refractivity contribution < 1.29 is 9.90 Å². The van der Waals surface area contributed by atoms with Gasteiger partial charge in [0, 0.05) is 17.8 Å². The number of carbonyl (C=O) groups is 1. The number of hydrogen-bond acceptors (Lipinski definition) is 3. The van der Waals surface area contributed by atoms with Crippen molar-refractivity contribution in [1.82, 2.24) is 5.32 Å². The van der Waals surface area contributed by atoms with Crippen LogP contribution >= 0.6 is 11.3 Å². The van der Waals surface area contributed by atoms with Crippen LogP contribution in [-0.2, 0) is 6.54 Å². The summed E-state index contributed by atoms with van der Waals surface area (Å²) >= 11 is 1.38. The molecule has 4 heteroatoms. The highest BCUT2D eigenvalue weighted by Crippen LogP contribution is 2.49. The van der Waals surface area contributed by atoms with E-state index in [-0.39, 0.29) is 0 Å². The highest BCUT2D eigenvalue weighted by molar-refractivity contribution is 7.21. The largest absolute Gasteiger partial charge is 0.477 e. The molecule has 1 heterocycles. The summed E-state index contributed by atoms with van der Waals surface area (Å²) in [7, 11) is 0. The summed E-state index contributed by atoms with van der Waals surface area (Å²) in [5, 5.41) is 14.0. The lowest BCUT2D eigenvalue weighted by Crippen LogP contribution is -2.24. The quantitative estimate of drug-likeness (QED) is 0.803. The lowest BCUT2D eigenvalue weighted by molar-refractivity contribution is 0.0701. The van der Waals surface area contributed by atoms with Crippen LogP contribution in [0.3, 0.4) is 0 Å². The molecule has 1 aromatic heterocycles. The Labute approximate surface area is 129 Å². The Kier molecular flexibility index (Phi) is 4.00. The van der Waals surface area contributed by atoms with E-state index in [1.807, 2.05) is 24.3 Å². The van der Waals surface area contributed by atoms with Gasteiger partial charge in [-0.05, 0) is 41.7 Å². The fourth-order valence-electron chi connectivity index (χ4n) is 3.12. The topological polar surface area (TPSA) is 49.3 Å². The van der Waals surface area contributed by atoms with Crippen LogP contribution < -0.4 is 5.32 Å². The Morgan fingerprint density at radius 1 is 1.38 bits per heavy atom. The van der Waals surface area contributed by atoms with Crippen molar-refractivity contribution in [3.05, 3.63) is 34.7 Å². The van der Waals surface area contributed by atoms with Crippen molar-refractivity contribution >= 4 is 27.4 Å². The molecule has 1 aliphatic rings. The maximum absolute atomic E-state index is 11.4. The molecule has 0 aliphatic heterocycles. The van der Waals surface area contributed by atoms with Crippen LogP contribution in [0.1, 0.15) is 47.8 Å². The second-order valence-corrected chi connectivity index (χ2v) is 7.12. The summed E-state index contributed by atoms with van der Waals surface area (Å²) in [6.07, 6.45) is 5.12. The molecule has 0 saturated heterocycles. The van der Waals surface area contributed by atoms with Crippen LogP contribution in [0.5, 0.6) is 0 Å². The Hall–Kier alpha value is -1.39. The van der Waals surface area contributed by atoms with E-state index in [9.17, 15) is 9.90 Å². The third kappa shape index (κ3) is 2.97. The molecule has 0 unspecified atom stereocenters. The number of carboxylic acids is 1. The normalized spacial score (nSPS) is 16.2. The van der Waals surface area contributed by atoms with Crippen molar-refractivity contribution in [2.75, 3.05) is 6.54 Å². The highest BCUT2D eigenvalue weighted by atomic mass is 32.1. The van der Waals surface area contributed by atoms with Crippen LogP contribution in [0.2, 0.25) is 0 Å². The van der Waals surface area contributed by atoms with Gasteiger partial charge in [0.15, 0.2) is 0 Å². The average molecular weight is 303 g/mol. The van der Waals surface area contributed by atoms with Crippen molar-refractivity contribution in [2.24, 2.45) is 5.41 Å². The average Bonchev–Trinajstić information content (AvgIpc) is 3.12. The molecule has 1 fully saturated rings. The van der Waals surface area contributed by atoms with Crippen LogP contribution in [-0.4, -0.2) is 17.6 Å². The lowest BCUT2D eigenvalue weighted by Gasteiger charge is -2.15. The first kappa shape index (κ1) is 14.5. The lowest BCUT2D eigenvalue weighted by atomic mass is 10.0.